The zero-order valence-electron chi connectivity index (χ0n) is 13.6. The van der Waals surface area contributed by atoms with E-state index >= 15 is 0 Å². The van der Waals surface area contributed by atoms with E-state index in [4.69, 9.17) is 4.74 Å². The maximum atomic E-state index is 11.4. The number of rotatable bonds is 7. The van der Waals surface area contributed by atoms with Gasteiger partial charge in [-0.2, -0.15) is 0 Å². The molecule has 1 atom stereocenters. The Balaban J connectivity index is 2.40. The SMILES string of the molecule is CC(CCCNC(C)(C)C)Oc1ccc(S(C)(=O)=O)cc1. The standard InChI is InChI=1S/C16H27NO3S/c1-13(7-6-12-17-16(2,3)4)20-14-8-10-15(11-9-14)21(5,18)19/h8-11,13,17H,6-7,12H2,1-5H3. The van der Waals surface area contributed by atoms with Gasteiger partial charge in [0.2, 0.25) is 0 Å². The first kappa shape index (κ1) is 18.0. The molecule has 5 heteroatoms. The molecular formula is C16H27NO3S. The van der Waals surface area contributed by atoms with Crippen LogP contribution in [0.5, 0.6) is 5.75 Å². The Morgan fingerprint density at radius 3 is 2.24 bits per heavy atom. The van der Waals surface area contributed by atoms with E-state index in [-0.39, 0.29) is 11.6 Å². The van der Waals surface area contributed by atoms with Gasteiger partial charge >= 0.3 is 0 Å². The summed E-state index contributed by atoms with van der Waals surface area (Å²) >= 11 is 0. The summed E-state index contributed by atoms with van der Waals surface area (Å²) in [5.74, 6) is 0.707. The van der Waals surface area contributed by atoms with Crippen molar-refractivity contribution < 1.29 is 13.2 Å². The first-order chi connectivity index (χ1) is 9.58. The molecule has 1 aromatic carbocycles. The van der Waals surface area contributed by atoms with Crippen LogP contribution in [-0.2, 0) is 9.84 Å². The number of hydrogen-bond acceptors (Lipinski definition) is 4. The van der Waals surface area contributed by atoms with Gasteiger partial charge in [-0.25, -0.2) is 8.42 Å². The van der Waals surface area contributed by atoms with Crippen molar-refractivity contribution in [3.63, 3.8) is 0 Å². The van der Waals surface area contributed by atoms with Crippen LogP contribution in [0.4, 0.5) is 0 Å². The van der Waals surface area contributed by atoms with E-state index in [0.717, 1.165) is 19.4 Å². The first-order valence-electron chi connectivity index (χ1n) is 7.30. The van der Waals surface area contributed by atoms with E-state index in [2.05, 4.69) is 26.1 Å². The Morgan fingerprint density at radius 2 is 1.76 bits per heavy atom. The summed E-state index contributed by atoms with van der Waals surface area (Å²) in [7, 11) is -3.14. The molecule has 0 saturated heterocycles. The second kappa shape index (κ2) is 7.27. The molecule has 0 amide bonds. The fourth-order valence-electron chi connectivity index (χ4n) is 1.91. The molecule has 0 aliphatic heterocycles. The molecule has 120 valence electrons. The van der Waals surface area contributed by atoms with Gasteiger partial charge in [-0.1, -0.05) is 0 Å². The van der Waals surface area contributed by atoms with Crippen LogP contribution in [0.25, 0.3) is 0 Å². The van der Waals surface area contributed by atoms with Crippen LogP contribution in [0.2, 0.25) is 0 Å². The van der Waals surface area contributed by atoms with E-state index in [1.807, 2.05) is 6.92 Å². The van der Waals surface area contributed by atoms with Crippen molar-refractivity contribution in [2.24, 2.45) is 0 Å². The number of hydrogen-bond donors (Lipinski definition) is 1. The van der Waals surface area contributed by atoms with Gasteiger partial charge in [-0.15, -0.1) is 0 Å². The quantitative estimate of drug-likeness (QED) is 0.786. The van der Waals surface area contributed by atoms with Crippen molar-refractivity contribution in [1.29, 1.82) is 0 Å². The highest BCUT2D eigenvalue weighted by atomic mass is 32.2. The first-order valence-corrected chi connectivity index (χ1v) is 9.19. The van der Waals surface area contributed by atoms with Crippen molar-refractivity contribution in [1.82, 2.24) is 5.32 Å². The minimum Gasteiger partial charge on any atom is -0.491 e. The van der Waals surface area contributed by atoms with Crippen molar-refractivity contribution >= 4 is 9.84 Å². The highest BCUT2D eigenvalue weighted by Crippen LogP contribution is 2.18. The number of nitrogens with one attached hydrogen (secondary N) is 1. The van der Waals surface area contributed by atoms with E-state index in [0.29, 0.717) is 10.6 Å². The summed E-state index contributed by atoms with van der Waals surface area (Å²) in [5, 5.41) is 3.44. The summed E-state index contributed by atoms with van der Waals surface area (Å²) < 4.78 is 28.5. The van der Waals surface area contributed by atoms with Crippen LogP contribution < -0.4 is 10.1 Å². The number of ether oxygens (including phenoxy) is 1. The van der Waals surface area contributed by atoms with Gasteiger partial charge in [0.15, 0.2) is 9.84 Å². The third-order valence-corrected chi connectivity index (χ3v) is 4.16. The van der Waals surface area contributed by atoms with Crippen molar-refractivity contribution in [2.45, 2.75) is 57.1 Å². The van der Waals surface area contributed by atoms with E-state index < -0.39 is 9.84 Å². The van der Waals surface area contributed by atoms with Gasteiger partial charge < -0.3 is 10.1 Å². The molecule has 1 unspecified atom stereocenters. The highest BCUT2D eigenvalue weighted by Gasteiger charge is 2.10. The molecule has 21 heavy (non-hydrogen) atoms. The molecule has 0 aliphatic carbocycles. The lowest BCUT2D eigenvalue weighted by atomic mass is 10.1. The second-order valence-corrected chi connectivity index (χ2v) is 8.51. The zero-order valence-corrected chi connectivity index (χ0v) is 14.5. The third kappa shape index (κ3) is 7.48. The Hall–Kier alpha value is -1.07. The maximum Gasteiger partial charge on any atom is 0.175 e. The topological polar surface area (TPSA) is 55.4 Å². The lowest BCUT2D eigenvalue weighted by molar-refractivity contribution is 0.205. The van der Waals surface area contributed by atoms with Gasteiger partial charge in [0.25, 0.3) is 0 Å². The molecular weight excluding hydrogens is 286 g/mol. The summed E-state index contributed by atoms with van der Waals surface area (Å²) in [6.07, 6.45) is 3.31. The Kier molecular flexibility index (Phi) is 6.23. The monoisotopic (exact) mass is 313 g/mol. The van der Waals surface area contributed by atoms with Crippen molar-refractivity contribution in [3.8, 4) is 5.75 Å². The molecule has 0 heterocycles. The van der Waals surface area contributed by atoms with Gasteiger partial charge in [0.1, 0.15) is 5.75 Å². The van der Waals surface area contributed by atoms with E-state index in [9.17, 15) is 8.42 Å². The number of benzene rings is 1. The largest absolute Gasteiger partial charge is 0.491 e. The van der Waals surface area contributed by atoms with Crippen LogP contribution in [0.15, 0.2) is 29.2 Å². The molecule has 0 fully saturated rings. The van der Waals surface area contributed by atoms with E-state index in [1.165, 1.54) is 6.26 Å². The minimum absolute atomic E-state index is 0.107. The molecule has 4 nitrogen and oxygen atoms in total. The Labute approximate surface area is 128 Å². The van der Waals surface area contributed by atoms with E-state index in [1.54, 1.807) is 24.3 Å². The van der Waals surface area contributed by atoms with Crippen molar-refractivity contribution in [3.05, 3.63) is 24.3 Å². The summed E-state index contributed by atoms with van der Waals surface area (Å²) in [6, 6.07) is 6.58. The third-order valence-electron chi connectivity index (χ3n) is 3.03. The fraction of sp³-hybridized carbons (Fsp3) is 0.625. The van der Waals surface area contributed by atoms with Crippen LogP contribution >= 0.6 is 0 Å². The maximum absolute atomic E-state index is 11.4. The van der Waals surface area contributed by atoms with Crippen LogP contribution in [0, 0.1) is 0 Å². The summed E-state index contributed by atoms with van der Waals surface area (Å²) in [5.41, 5.74) is 0.144. The fourth-order valence-corrected chi connectivity index (χ4v) is 2.54. The van der Waals surface area contributed by atoms with Gasteiger partial charge in [0, 0.05) is 11.8 Å². The minimum atomic E-state index is -3.14. The molecule has 1 rings (SSSR count). The molecule has 1 N–H and O–H groups in total. The predicted octanol–water partition coefficient (Wildman–Crippen LogP) is 3.03. The normalized spacial score (nSPS) is 14.0. The Bertz CT molecular complexity index is 530. The predicted molar refractivity (Wildman–Crippen MR) is 86.6 cm³/mol. The Morgan fingerprint density at radius 1 is 1.19 bits per heavy atom. The molecule has 0 aliphatic rings. The lowest BCUT2D eigenvalue weighted by Crippen LogP contribution is -2.36. The van der Waals surface area contributed by atoms with Gasteiger partial charge in [0.05, 0.1) is 11.0 Å². The van der Waals surface area contributed by atoms with Gasteiger partial charge in [-0.05, 0) is 71.3 Å². The van der Waals surface area contributed by atoms with Crippen LogP contribution in [-0.4, -0.2) is 32.9 Å². The van der Waals surface area contributed by atoms with Crippen LogP contribution in [0.3, 0.4) is 0 Å². The van der Waals surface area contributed by atoms with Crippen molar-refractivity contribution in [2.75, 3.05) is 12.8 Å². The summed E-state index contributed by atoms with van der Waals surface area (Å²) in [6.45, 7) is 9.44. The molecule has 1 aromatic rings. The average Bonchev–Trinajstić information content (AvgIpc) is 2.33. The molecule has 0 aromatic heterocycles. The second-order valence-electron chi connectivity index (χ2n) is 6.49. The molecule has 0 radical (unpaired) electrons. The molecule has 0 saturated carbocycles. The zero-order chi connectivity index (χ0) is 16.1. The molecule has 0 bridgehead atoms. The lowest BCUT2D eigenvalue weighted by Gasteiger charge is -2.21. The number of sulfone groups is 1. The smallest absolute Gasteiger partial charge is 0.175 e. The highest BCUT2D eigenvalue weighted by molar-refractivity contribution is 7.90. The summed E-state index contributed by atoms with van der Waals surface area (Å²) in [4.78, 5) is 0.317. The average molecular weight is 313 g/mol. The molecule has 0 spiro atoms. The van der Waals surface area contributed by atoms with Gasteiger partial charge in [-0.3, -0.25) is 0 Å². The van der Waals surface area contributed by atoms with Crippen LogP contribution in [0.1, 0.15) is 40.5 Å².